The Morgan fingerprint density at radius 3 is 2.26 bits per heavy atom. The van der Waals surface area contributed by atoms with E-state index in [1.54, 1.807) is 5.57 Å². The molecule has 2 nitrogen and oxygen atoms in total. The van der Waals surface area contributed by atoms with E-state index in [1.165, 1.54) is 51.4 Å². The average Bonchev–Trinajstić information content (AvgIpc) is 2.97. The maximum absolute atomic E-state index is 6.65. The second-order valence-electron chi connectivity index (χ2n) is 14.0. The zero-order valence-electron chi connectivity index (χ0n) is 22.0. The SMILES string of the molecule is C[C@@H](O[Si](C)(C)C)[C@H]1CC[C@H]2[C@@H]3CC=C4C[C@@H](O[Si](C)(C)C)CC[C@]4(C)[C@H]3CC[C@]12C. The van der Waals surface area contributed by atoms with Crippen molar-refractivity contribution < 1.29 is 8.85 Å². The first-order chi connectivity index (χ1) is 14.2. The summed E-state index contributed by atoms with van der Waals surface area (Å²) in [7, 11) is -2.95. The van der Waals surface area contributed by atoms with Crippen molar-refractivity contribution >= 4 is 16.6 Å². The van der Waals surface area contributed by atoms with Crippen LogP contribution in [-0.2, 0) is 8.85 Å². The summed E-state index contributed by atoms with van der Waals surface area (Å²) in [5, 5.41) is 0. The van der Waals surface area contributed by atoms with Crippen LogP contribution in [-0.4, -0.2) is 28.8 Å². The van der Waals surface area contributed by atoms with Crippen molar-refractivity contribution in [2.24, 2.45) is 34.5 Å². The molecule has 0 aromatic heterocycles. The van der Waals surface area contributed by atoms with Crippen LogP contribution in [0.15, 0.2) is 11.6 Å². The minimum absolute atomic E-state index is 0.428. The van der Waals surface area contributed by atoms with Gasteiger partial charge in [-0.3, -0.25) is 0 Å². The molecule has 0 heterocycles. The van der Waals surface area contributed by atoms with Gasteiger partial charge in [0.1, 0.15) is 0 Å². The van der Waals surface area contributed by atoms with Crippen LogP contribution < -0.4 is 0 Å². The molecule has 31 heavy (non-hydrogen) atoms. The first-order valence-corrected chi connectivity index (χ1v) is 20.1. The van der Waals surface area contributed by atoms with E-state index in [-0.39, 0.29) is 0 Å². The lowest BCUT2D eigenvalue weighted by Crippen LogP contribution is -2.52. The van der Waals surface area contributed by atoms with E-state index in [0.717, 1.165) is 23.7 Å². The van der Waals surface area contributed by atoms with Crippen molar-refractivity contribution in [3.63, 3.8) is 0 Å². The highest BCUT2D eigenvalue weighted by atomic mass is 28.4. The molecular weight excluding hydrogens is 412 g/mol. The second kappa shape index (κ2) is 8.10. The maximum atomic E-state index is 6.65. The van der Waals surface area contributed by atoms with Crippen LogP contribution in [0.2, 0.25) is 39.3 Å². The van der Waals surface area contributed by atoms with Crippen molar-refractivity contribution in [1.82, 2.24) is 0 Å². The highest BCUT2D eigenvalue weighted by molar-refractivity contribution is 6.70. The van der Waals surface area contributed by atoms with E-state index in [2.05, 4.69) is 66.1 Å². The maximum Gasteiger partial charge on any atom is 0.184 e. The standard InChI is InChI=1S/C27H50O2Si2/c1-19(28-30(4,5)6)23-12-13-24-22-11-10-20-18-21(29-31(7,8)9)14-16-26(20,2)25(22)15-17-27(23,24)3/h10,19,21-25H,11-18H2,1-9H3/t19-,21+,22+,23-,24+,25+,26+,27-/m1/s1. The number of hydrogen-bond donors (Lipinski definition) is 0. The molecule has 0 unspecified atom stereocenters. The van der Waals surface area contributed by atoms with E-state index < -0.39 is 16.6 Å². The third-order valence-corrected chi connectivity index (χ3v) is 11.9. The predicted molar refractivity (Wildman–Crippen MR) is 137 cm³/mol. The molecule has 178 valence electrons. The molecule has 3 saturated carbocycles. The van der Waals surface area contributed by atoms with Crippen LogP contribution >= 0.6 is 0 Å². The quantitative estimate of drug-likeness (QED) is 0.304. The molecule has 0 N–H and O–H groups in total. The molecule has 0 amide bonds. The van der Waals surface area contributed by atoms with Gasteiger partial charge in [0.15, 0.2) is 16.6 Å². The minimum atomic E-state index is -1.49. The number of fused-ring (bicyclic) bond motifs is 5. The summed E-state index contributed by atoms with van der Waals surface area (Å²) >= 11 is 0. The molecular formula is C27H50O2Si2. The van der Waals surface area contributed by atoms with Crippen LogP contribution in [0.3, 0.4) is 0 Å². The van der Waals surface area contributed by atoms with Gasteiger partial charge in [-0.05, 0) is 132 Å². The van der Waals surface area contributed by atoms with E-state index in [9.17, 15) is 0 Å². The molecule has 4 heteroatoms. The zero-order valence-corrected chi connectivity index (χ0v) is 24.0. The summed E-state index contributed by atoms with van der Waals surface area (Å²) in [6.07, 6.45) is 14.4. The van der Waals surface area contributed by atoms with Gasteiger partial charge in [0.25, 0.3) is 0 Å². The summed E-state index contributed by atoms with van der Waals surface area (Å²) in [5.41, 5.74) is 2.68. The Kier molecular flexibility index (Phi) is 6.33. The van der Waals surface area contributed by atoms with Gasteiger partial charge in [-0.25, -0.2) is 0 Å². The largest absolute Gasteiger partial charge is 0.415 e. The summed E-state index contributed by atoms with van der Waals surface area (Å²) in [6.45, 7) is 21.8. The van der Waals surface area contributed by atoms with Gasteiger partial charge in [-0.2, -0.15) is 0 Å². The fraction of sp³-hybridized carbons (Fsp3) is 0.926. The number of hydrogen-bond acceptors (Lipinski definition) is 2. The second-order valence-corrected chi connectivity index (χ2v) is 22.9. The first-order valence-electron chi connectivity index (χ1n) is 13.3. The summed E-state index contributed by atoms with van der Waals surface area (Å²) in [5.74, 6) is 3.44. The van der Waals surface area contributed by atoms with Crippen molar-refractivity contribution in [3.8, 4) is 0 Å². The van der Waals surface area contributed by atoms with Gasteiger partial charge < -0.3 is 8.85 Å². The van der Waals surface area contributed by atoms with E-state index >= 15 is 0 Å². The average molecular weight is 463 g/mol. The molecule has 0 aliphatic heterocycles. The van der Waals surface area contributed by atoms with Gasteiger partial charge in [-0.15, -0.1) is 0 Å². The Hall–Kier alpha value is 0.0938. The summed E-state index contributed by atoms with van der Waals surface area (Å²) < 4.78 is 13.2. The molecule has 3 fully saturated rings. The molecule has 4 aliphatic carbocycles. The molecule has 0 bridgehead atoms. The van der Waals surface area contributed by atoms with Crippen molar-refractivity contribution in [2.75, 3.05) is 0 Å². The Bertz CT molecular complexity index is 705. The van der Waals surface area contributed by atoms with Gasteiger partial charge in [0, 0.05) is 12.2 Å². The highest BCUT2D eigenvalue weighted by Gasteiger charge is 2.59. The lowest BCUT2D eigenvalue weighted by molar-refractivity contribution is -0.0643. The highest BCUT2D eigenvalue weighted by Crippen LogP contribution is 2.67. The van der Waals surface area contributed by atoms with Gasteiger partial charge >= 0.3 is 0 Å². The van der Waals surface area contributed by atoms with E-state index in [4.69, 9.17) is 8.85 Å². The lowest BCUT2D eigenvalue weighted by Gasteiger charge is -2.58. The molecule has 8 atom stereocenters. The van der Waals surface area contributed by atoms with Crippen LogP contribution in [0, 0.1) is 34.5 Å². The first kappa shape index (κ1) is 24.2. The lowest BCUT2D eigenvalue weighted by atomic mass is 9.47. The van der Waals surface area contributed by atoms with E-state index in [0.29, 0.717) is 23.0 Å². The minimum Gasteiger partial charge on any atom is -0.415 e. The predicted octanol–water partition coefficient (Wildman–Crippen LogP) is 8.03. The summed E-state index contributed by atoms with van der Waals surface area (Å²) in [6, 6.07) is 0. The fourth-order valence-corrected chi connectivity index (χ4v) is 11.2. The van der Waals surface area contributed by atoms with E-state index in [1.807, 2.05) is 0 Å². The Labute approximate surface area is 195 Å². The van der Waals surface area contributed by atoms with Crippen molar-refractivity contribution in [2.45, 2.75) is 124 Å². The topological polar surface area (TPSA) is 18.5 Å². The van der Waals surface area contributed by atoms with Crippen LogP contribution in [0.25, 0.3) is 0 Å². The third-order valence-electron chi connectivity index (χ3n) is 9.76. The van der Waals surface area contributed by atoms with Crippen molar-refractivity contribution in [1.29, 1.82) is 0 Å². The Morgan fingerprint density at radius 2 is 1.61 bits per heavy atom. The zero-order chi connectivity index (χ0) is 22.8. The molecule has 0 aromatic rings. The monoisotopic (exact) mass is 462 g/mol. The molecule has 0 saturated heterocycles. The van der Waals surface area contributed by atoms with Crippen LogP contribution in [0.1, 0.15) is 72.1 Å². The fourth-order valence-electron chi connectivity index (χ4n) is 8.68. The summed E-state index contributed by atoms with van der Waals surface area (Å²) in [4.78, 5) is 0. The number of rotatable bonds is 5. The molecule has 0 spiro atoms. The number of allylic oxidation sites excluding steroid dienone is 1. The van der Waals surface area contributed by atoms with Crippen molar-refractivity contribution in [3.05, 3.63) is 11.6 Å². The van der Waals surface area contributed by atoms with Gasteiger partial charge in [0.2, 0.25) is 0 Å². The molecule has 4 aliphatic rings. The molecule has 0 radical (unpaired) electrons. The normalized spacial score (nSPS) is 44.2. The van der Waals surface area contributed by atoms with Gasteiger partial charge in [-0.1, -0.05) is 25.5 Å². The Balaban J connectivity index is 1.52. The molecule has 0 aromatic carbocycles. The van der Waals surface area contributed by atoms with Crippen LogP contribution in [0.4, 0.5) is 0 Å². The van der Waals surface area contributed by atoms with Gasteiger partial charge in [0.05, 0.1) is 0 Å². The third kappa shape index (κ3) is 4.57. The Morgan fingerprint density at radius 1 is 0.903 bits per heavy atom. The molecule has 4 rings (SSSR count). The smallest absolute Gasteiger partial charge is 0.184 e. The van der Waals surface area contributed by atoms with Crippen LogP contribution in [0.5, 0.6) is 0 Å².